The fourth-order valence-corrected chi connectivity index (χ4v) is 4.37. The van der Waals surface area contributed by atoms with Crippen molar-refractivity contribution in [3.8, 4) is 11.4 Å². The van der Waals surface area contributed by atoms with Crippen LogP contribution >= 0.6 is 27.3 Å². The second-order valence-electron chi connectivity index (χ2n) is 5.81. The molecule has 0 bridgehead atoms. The van der Waals surface area contributed by atoms with E-state index in [4.69, 9.17) is 0 Å². The maximum Gasteiger partial charge on any atom is 0.251 e. The lowest BCUT2D eigenvalue weighted by Crippen LogP contribution is -2.27. The molecule has 10 heteroatoms. The van der Waals surface area contributed by atoms with Gasteiger partial charge in [0.05, 0.1) is 11.1 Å². The SMILES string of the molecule is Cc1cc2c(ccc(=O)n2CC(=O)Nc2scc(Br)c2-c2ncn[nH]2)cn1. The van der Waals surface area contributed by atoms with Crippen LogP contribution in [0.3, 0.4) is 0 Å². The van der Waals surface area contributed by atoms with E-state index in [2.05, 4.69) is 41.4 Å². The maximum absolute atomic E-state index is 12.7. The smallest absolute Gasteiger partial charge is 0.251 e. The molecule has 0 aliphatic heterocycles. The normalized spacial score (nSPS) is 11.0. The number of carbonyl (C=O) groups is 1. The first-order valence-corrected chi connectivity index (χ1v) is 9.59. The van der Waals surface area contributed by atoms with E-state index in [1.165, 1.54) is 28.3 Å². The summed E-state index contributed by atoms with van der Waals surface area (Å²) in [5.41, 5.74) is 1.92. The van der Waals surface area contributed by atoms with Crippen LogP contribution in [0.25, 0.3) is 22.3 Å². The highest BCUT2D eigenvalue weighted by atomic mass is 79.9. The minimum atomic E-state index is -0.311. The second kappa shape index (κ2) is 7.05. The van der Waals surface area contributed by atoms with Gasteiger partial charge in [0.1, 0.15) is 17.9 Å². The zero-order valence-corrected chi connectivity index (χ0v) is 16.5. The predicted molar refractivity (Wildman–Crippen MR) is 107 cm³/mol. The largest absolute Gasteiger partial charge is 0.315 e. The number of rotatable bonds is 4. The Bertz CT molecular complexity index is 1200. The number of aromatic nitrogens is 5. The lowest BCUT2D eigenvalue weighted by atomic mass is 10.2. The van der Waals surface area contributed by atoms with Gasteiger partial charge in [-0.25, -0.2) is 4.98 Å². The number of nitrogens with zero attached hydrogens (tertiary/aromatic N) is 4. The molecule has 0 aliphatic carbocycles. The molecule has 0 radical (unpaired) electrons. The highest BCUT2D eigenvalue weighted by Crippen LogP contribution is 2.38. The fourth-order valence-electron chi connectivity index (χ4n) is 2.74. The molecule has 4 aromatic rings. The number of pyridine rings is 2. The first-order valence-electron chi connectivity index (χ1n) is 7.91. The van der Waals surface area contributed by atoms with Crippen molar-refractivity contribution in [1.29, 1.82) is 0 Å². The summed E-state index contributed by atoms with van der Waals surface area (Å²) in [5.74, 6) is 0.233. The molecule has 0 atom stereocenters. The number of carbonyl (C=O) groups excluding carboxylic acids is 1. The zero-order valence-electron chi connectivity index (χ0n) is 14.1. The highest BCUT2D eigenvalue weighted by molar-refractivity contribution is 9.10. The van der Waals surface area contributed by atoms with Crippen molar-refractivity contribution in [1.82, 2.24) is 24.7 Å². The maximum atomic E-state index is 12.7. The van der Waals surface area contributed by atoms with Crippen LogP contribution in [0.4, 0.5) is 5.00 Å². The van der Waals surface area contributed by atoms with Crippen molar-refractivity contribution < 1.29 is 4.79 Å². The molecule has 0 saturated carbocycles. The average Bonchev–Trinajstić information content (AvgIpc) is 3.27. The standard InChI is InChI=1S/C17H13BrN6O2S/c1-9-4-12-10(5-19-9)2-3-14(26)24(12)6-13(25)22-17-15(11(18)7-27-17)16-20-8-21-23-16/h2-5,7-8H,6H2,1H3,(H,22,25)(H,20,21,23). The van der Waals surface area contributed by atoms with Crippen molar-refractivity contribution in [3.05, 3.63) is 56.6 Å². The van der Waals surface area contributed by atoms with Crippen LogP contribution in [-0.2, 0) is 11.3 Å². The van der Waals surface area contributed by atoms with Crippen molar-refractivity contribution >= 4 is 49.1 Å². The predicted octanol–water partition coefficient (Wildman–Crippen LogP) is 2.95. The van der Waals surface area contributed by atoms with Crippen LogP contribution in [0, 0.1) is 6.92 Å². The molecule has 0 aromatic carbocycles. The molecule has 4 rings (SSSR count). The van der Waals surface area contributed by atoms with E-state index in [1.807, 2.05) is 12.3 Å². The minimum Gasteiger partial charge on any atom is -0.315 e. The Morgan fingerprint density at radius 1 is 1.37 bits per heavy atom. The summed E-state index contributed by atoms with van der Waals surface area (Å²) in [6.45, 7) is 1.74. The molecule has 2 N–H and O–H groups in total. The van der Waals surface area contributed by atoms with Gasteiger partial charge >= 0.3 is 0 Å². The van der Waals surface area contributed by atoms with Gasteiger partial charge in [-0.15, -0.1) is 11.3 Å². The van der Waals surface area contributed by atoms with Gasteiger partial charge in [0.15, 0.2) is 5.82 Å². The monoisotopic (exact) mass is 444 g/mol. The number of halogens is 1. The summed E-state index contributed by atoms with van der Waals surface area (Å²) in [6.07, 6.45) is 3.09. The topological polar surface area (TPSA) is 106 Å². The Labute approximate surface area is 165 Å². The number of amides is 1. The number of anilines is 1. The van der Waals surface area contributed by atoms with E-state index in [9.17, 15) is 9.59 Å². The van der Waals surface area contributed by atoms with Gasteiger partial charge in [-0.05, 0) is 35.0 Å². The third-order valence-electron chi connectivity index (χ3n) is 3.96. The number of nitrogens with one attached hydrogen (secondary N) is 2. The number of aromatic amines is 1. The molecule has 27 heavy (non-hydrogen) atoms. The Hall–Kier alpha value is -2.85. The van der Waals surface area contributed by atoms with E-state index >= 15 is 0 Å². The number of H-pyrrole nitrogens is 1. The Kier molecular flexibility index (Phi) is 4.58. The van der Waals surface area contributed by atoms with Gasteiger partial charge in [0.25, 0.3) is 5.56 Å². The summed E-state index contributed by atoms with van der Waals surface area (Å²) < 4.78 is 2.24. The Balaban J connectivity index is 1.65. The van der Waals surface area contributed by atoms with Crippen LogP contribution in [0.5, 0.6) is 0 Å². The summed E-state index contributed by atoms with van der Waals surface area (Å²) >= 11 is 4.82. The first kappa shape index (κ1) is 17.6. The van der Waals surface area contributed by atoms with Gasteiger partial charge in [-0.3, -0.25) is 24.2 Å². The van der Waals surface area contributed by atoms with E-state index in [1.54, 1.807) is 18.3 Å². The molecule has 136 valence electrons. The minimum absolute atomic E-state index is 0.106. The molecule has 0 aliphatic rings. The van der Waals surface area contributed by atoms with Crippen molar-refractivity contribution in [2.24, 2.45) is 0 Å². The summed E-state index contributed by atoms with van der Waals surface area (Å²) in [7, 11) is 0. The van der Waals surface area contributed by atoms with E-state index in [0.29, 0.717) is 16.3 Å². The average molecular weight is 445 g/mol. The third kappa shape index (κ3) is 3.40. The highest BCUT2D eigenvalue weighted by Gasteiger charge is 2.17. The van der Waals surface area contributed by atoms with Crippen molar-refractivity contribution in [2.45, 2.75) is 13.5 Å². The van der Waals surface area contributed by atoms with Crippen molar-refractivity contribution in [2.75, 3.05) is 5.32 Å². The van der Waals surface area contributed by atoms with Gasteiger partial charge < -0.3 is 5.32 Å². The molecular weight excluding hydrogens is 432 g/mol. The molecule has 0 saturated heterocycles. The Morgan fingerprint density at radius 3 is 3.00 bits per heavy atom. The molecule has 4 aromatic heterocycles. The van der Waals surface area contributed by atoms with Gasteiger partial charge in [-0.1, -0.05) is 0 Å². The van der Waals surface area contributed by atoms with Gasteiger partial charge in [0, 0.05) is 33.2 Å². The summed E-state index contributed by atoms with van der Waals surface area (Å²) in [5, 5.41) is 12.8. The van der Waals surface area contributed by atoms with Gasteiger partial charge in [-0.2, -0.15) is 5.10 Å². The van der Waals surface area contributed by atoms with E-state index in [0.717, 1.165) is 21.1 Å². The number of thiophene rings is 1. The summed E-state index contributed by atoms with van der Waals surface area (Å²) in [4.78, 5) is 33.3. The van der Waals surface area contributed by atoms with Crippen LogP contribution in [0.15, 0.2) is 45.4 Å². The molecule has 1 amide bonds. The number of aryl methyl sites for hydroxylation is 1. The molecular formula is C17H13BrN6O2S. The molecule has 8 nitrogen and oxygen atoms in total. The molecule has 0 spiro atoms. The first-order chi connectivity index (χ1) is 13.0. The third-order valence-corrected chi connectivity index (χ3v) is 5.79. The second-order valence-corrected chi connectivity index (χ2v) is 7.55. The number of hydrogen-bond donors (Lipinski definition) is 2. The molecule has 0 unspecified atom stereocenters. The van der Waals surface area contributed by atoms with Crippen LogP contribution in [0.1, 0.15) is 5.69 Å². The quantitative estimate of drug-likeness (QED) is 0.503. The molecule has 0 fully saturated rings. The number of hydrogen-bond acceptors (Lipinski definition) is 6. The fraction of sp³-hybridized carbons (Fsp3) is 0.118. The molecule has 4 heterocycles. The zero-order chi connectivity index (χ0) is 19.0. The van der Waals surface area contributed by atoms with E-state index < -0.39 is 0 Å². The number of fused-ring (bicyclic) bond motifs is 1. The van der Waals surface area contributed by atoms with Crippen LogP contribution in [-0.4, -0.2) is 30.6 Å². The van der Waals surface area contributed by atoms with Crippen LogP contribution in [0.2, 0.25) is 0 Å². The lowest BCUT2D eigenvalue weighted by Gasteiger charge is -2.11. The summed E-state index contributed by atoms with van der Waals surface area (Å²) in [6, 6.07) is 4.94. The van der Waals surface area contributed by atoms with Gasteiger partial charge in [0.2, 0.25) is 5.91 Å². The Morgan fingerprint density at radius 2 is 2.22 bits per heavy atom. The van der Waals surface area contributed by atoms with Crippen molar-refractivity contribution in [3.63, 3.8) is 0 Å². The van der Waals surface area contributed by atoms with Crippen LogP contribution < -0.4 is 10.9 Å². The van der Waals surface area contributed by atoms with E-state index in [-0.39, 0.29) is 18.0 Å². The lowest BCUT2D eigenvalue weighted by molar-refractivity contribution is -0.116.